The third-order valence-electron chi connectivity index (χ3n) is 4.85. The minimum Gasteiger partial charge on any atom is -0.496 e. The molecular weight excluding hydrogens is 372 g/mol. The van der Waals surface area contributed by atoms with E-state index in [1.54, 1.807) is 25.6 Å². The first-order chi connectivity index (χ1) is 13.4. The summed E-state index contributed by atoms with van der Waals surface area (Å²) in [5.41, 5.74) is 5.50. The van der Waals surface area contributed by atoms with Crippen molar-refractivity contribution in [2.45, 2.75) is 33.7 Å². The standard InChI is InChI=1S/C22H26N2O3S/c1-14-11-18-20(12-15(14)2)28-22(24(18)8-9-26-4)23-21(25)13-17-6-7-19(27-5)16(3)10-17/h6-7,10-12H,8-9,13H2,1-5H3. The fourth-order valence-electron chi connectivity index (χ4n) is 3.18. The maximum Gasteiger partial charge on any atom is 0.252 e. The summed E-state index contributed by atoms with van der Waals surface area (Å²) in [5.74, 6) is 0.663. The van der Waals surface area contributed by atoms with E-state index in [1.165, 1.54) is 11.1 Å². The molecule has 0 saturated carbocycles. The molecule has 1 heterocycles. The van der Waals surface area contributed by atoms with E-state index >= 15 is 0 Å². The summed E-state index contributed by atoms with van der Waals surface area (Å²) in [5, 5.41) is 0. The zero-order chi connectivity index (χ0) is 20.3. The van der Waals surface area contributed by atoms with Crippen molar-refractivity contribution in [1.82, 2.24) is 4.57 Å². The molecule has 0 aliphatic heterocycles. The minimum atomic E-state index is -0.157. The highest BCUT2D eigenvalue weighted by atomic mass is 32.1. The molecule has 0 bridgehead atoms. The summed E-state index contributed by atoms with van der Waals surface area (Å²) < 4.78 is 13.7. The number of hydrogen-bond acceptors (Lipinski definition) is 4. The van der Waals surface area contributed by atoms with E-state index in [4.69, 9.17) is 9.47 Å². The van der Waals surface area contributed by atoms with Crippen LogP contribution in [0.15, 0.2) is 35.3 Å². The molecule has 0 radical (unpaired) electrons. The molecule has 0 saturated heterocycles. The van der Waals surface area contributed by atoms with Crippen LogP contribution in [0.1, 0.15) is 22.3 Å². The van der Waals surface area contributed by atoms with Crippen molar-refractivity contribution in [2.75, 3.05) is 20.8 Å². The van der Waals surface area contributed by atoms with Gasteiger partial charge in [0.1, 0.15) is 5.75 Å². The van der Waals surface area contributed by atoms with Crippen LogP contribution in [0.4, 0.5) is 0 Å². The fourth-order valence-corrected chi connectivity index (χ4v) is 4.33. The Bertz CT molecular complexity index is 1080. The Labute approximate surface area is 169 Å². The Hall–Kier alpha value is -2.44. The van der Waals surface area contributed by atoms with Crippen molar-refractivity contribution in [3.05, 3.63) is 57.4 Å². The Balaban J connectivity index is 1.97. The monoisotopic (exact) mass is 398 g/mol. The van der Waals surface area contributed by atoms with Crippen molar-refractivity contribution in [1.29, 1.82) is 0 Å². The van der Waals surface area contributed by atoms with E-state index < -0.39 is 0 Å². The molecule has 3 aromatic rings. The van der Waals surface area contributed by atoms with Crippen molar-refractivity contribution < 1.29 is 14.3 Å². The van der Waals surface area contributed by atoms with Crippen molar-refractivity contribution in [3.63, 3.8) is 0 Å². The molecule has 0 fully saturated rings. The maximum atomic E-state index is 12.6. The largest absolute Gasteiger partial charge is 0.496 e. The fraction of sp³-hybridized carbons (Fsp3) is 0.364. The summed E-state index contributed by atoms with van der Waals surface area (Å²) in [4.78, 5) is 17.8. The number of nitrogens with zero attached hydrogens (tertiary/aromatic N) is 2. The van der Waals surface area contributed by atoms with Gasteiger partial charge in [0.25, 0.3) is 5.91 Å². The second kappa shape index (κ2) is 8.71. The summed E-state index contributed by atoms with van der Waals surface area (Å²) >= 11 is 1.55. The number of ether oxygens (including phenoxy) is 2. The third-order valence-corrected chi connectivity index (χ3v) is 5.89. The van der Waals surface area contributed by atoms with Gasteiger partial charge >= 0.3 is 0 Å². The highest BCUT2D eigenvalue weighted by Crippen LogP contribution is 2.22. The van der Waals surface area contributed by atoms with E-state index in [9.17, 15) is 4.79 Å². The molecule has 2 aromatic carbocycles. The zero-order valence-corrected chi connectivity index (χ0v) is 17.9. The van der Waals surface area contributed by atoms with E-state index in [0.717, 1.165) is 27.1 Å². The first-order valence-electron chi connectivity index (χ1n) is 9.23. The Morgan fingerprint density at radius 2 is 1.82 bits per heavy atom. The number of methoxy groups -OCH3 is 2. The van der Waals surface area contributed by atoms with Crippen molar-refractivity contribution >= 4 is 27.5 Å². The Morgan fingerprint density at radius 1 is 1.07 bits per heavy atom. The summed E-state index contributed by atoms with van der Waals surface area (Å²) in [6, 6.07) is 10.1. The van der Waals surface area contributed by atoms with E-state index in [2.05, 4.69) is 35.5 Å². The molecule has 0 aliphatic rings. The molecule has 1 aromatic heterocycles. The lowest BCUT2D eigenvalue weighted by atomic mass is 10.1. The van der Waals surface area contributed by atoms with Gasteiger partial charge in [-0.15, -0.1) is 0 Å². The predicted molar refractivity (Wildman–Crippen MR) is 113 cm³/mol. The van der Waals surface area contributed by atoms with Crippen molar-refractivity contribution in [3.8, 4) is 5.75 Å². The Morgan fingerprint density at radius 3 is 2.50 bits per heavy atom. The zero-order valence-electron chi connectivity index (χ0n) is 17.0. The van der Waals surface area contributed by atoms with E-state index in [0.29, 0.717) is 18.0 Å². The van der Waals surface area contributed by atoms with Crippen molar-refractivity contribution in [2.24, 2.45) is 4.99 Å². The van der Waals surface area contributed by atoms with Crippen LogP contribution < -0.4 is 9.54 Å². The van der Waals surface area contributed by atoms with Gasteiger partial charge in [-0.1, -0.05) is 23.5 Å². The van der Waals surface area contributed by atoms with Gasteiger partial charge in [0.2, 0.25) is 0 Å². The summed E-state index contributed by atoms with van der Waals surface area (Å²) in [6.07, 6.45) is 0.265. The smallest absolute Gasteiger partial charge is 0.252 e. The number of amides is 1. The van der Waals surface area contributed by atoms with Crippen LogP contribution in [-0.2, 0) is 22.5 Å². The SMILES string of the molecule is COCCn1c(=NC(=O)Cc2ccc(OC)c(C)c2)sc2cc(C)c(C)cc21. The predicted octanol–water partition coefficient (Wildman–Crippen LogP) is 3.95. The number of aromatic nitrogens is 1. The van der Waals surface area contributed by atoms with Gasteiger partial charge in [-0.3, -0.25) is 4.79 Å². The molecule has 28 heavy (non-hydrogen) atoms. The molecule has 0 spiro atoms. The lowest BCUT2D eigenvalue weighted by Gasteiger charge is -2.07. The third kappa shape index (κ3) is 4.34. The number of aryl methyl sites for hydroxylation is 3. The van der Waals surface area contributed by atoms with Gasteiger partial charge in [-0.2, -0.15) is 4.99 Å². The molecule has 1 amide bonds. The van der Waals surface area contributed by atoms with Gasteiger partial charge in [-0.25, -0.2) is 0 Å². The molecule has 5 nitrogen and oxygen atoms in total. The number of hydrogen-bond donors (Lipinski definition) is 0. The van der Waals surface area contributed by atoms with Crippen LogP contribution in [0.2, 0.25) is 0 Å². The average molecular weight is 399 g/mol. The normalized spacial score (nSPS) is 12.0. The molecule has 3 rings (SSSR count). The minimum absolute atomic E-state index is 0.157. The van der Waals surface area contributed by atoms with Crippen LogP contribution in [-0.4, -0.2) is 31.3 Å². The average Bonchev–Trinajstić information content (AvgIpc) is 2.96. The van der Waals surface area contributed by atoms with E-state index in [1.807, 2.05) is 25.1 Å². The number of thiazole rings is 1. The number of benzene rings is 2. The van der Waals surface area contributed by atoms with Gasteiger partial charge in [0.15, 0.2) is 4.80 Å². The second-order valence-corrected chi connectivity index (χ2v) is 7.93. The lowest BCUT2D eigenvalue weighted by molar-refractivity contribution is -0.117. The maximum absolute atomic E-state index is 12.6. The van der Waals surface area contributed by atoms with Crippen LogP contribution in [0.3, 0.4) is 0 Å². The number of rotatable bonds is 6. The van der Waals surface area contributed by atoms with Gasteiger partial charge in [-0.05, 0) is 61.2 Å². The number of fused-ring (bicyclic) bond motifs is 1. The van der Waals surface area contributed by atoms with Gasteiger partial charge in [0.05, 0.1) is 30.4 Å². The molecular formula is C22H26N2O3S. The molecule has 0 unspecified atom stereocenters. The van der Waals surface area contributed by atoms with Crippen LogP contribution >= 0.6 is 11.3 Å². The first kappa shape index (κ1) is 20.3. The molecule has 0 atom stereocenters. The highest BCUT2D eigenvalue weighted by molar-refractivity contribution is 7.16. The molecule has 148 valence electrons. The molecule has 0 N–H and O–H groups in total. The van der Waals surface area contributed by atoms with E-state index in [-0.39, 0.29) is 12.3 Å². The Kier molecular flexibility index (Phi) is 6.31. The number of carbonyl (C=O) groups excluding carboxylic acids is 1. The lowest BCUT2D eigenvalue weighted by Crippen LogP contribution is -2.19. The first-order valence-corrected chi connectivity index (χ1v) is 10.0. The molecule has 6 heteroatoms. The highest BCUT2D eigenvalue weighted by Gasteiger charge is 2.11. The summed E-state index contributed by atoms with van der Waals surface area (Å²) in [7, 11) is 3.32. The molecule has 0 aliphatic carbocycles. The van der Waals surface area contributed by atoms with Gasteiger partial charge in [0, 0.05) is 13.7 Å². The van der Waals surface area contributed by atoms with Gasteiger partial charge < -0.3 is 14.0 Å². The topological polar surface area (TPSA) is 52.8 Å². The van der Waals surface area contributed by atoms with Crippen LogP contribution in [0, 0.1) is 20.8 Å². The second-order valence-electron chi connectivity index (χ2n) is 6.92. The van der Waals surface area contributed by atoms with Crippen LogP contribution in [0.25, 0.3) is 10.2 Å². The van der Waals surface area contributed by atoms with Crippen LogP contribution in [0.5, 0.6) is 5.75 Å². The summed E-state index contributed by atoms with van der Waals surface area (Å²) in [6.45, 7) is 7.40. The number of carbonyl (C=O) groups is 1. The quantitative estimate of drug-likeness (QED) is 0.632.